The number of aryl methyl sites for hydroxylation is 3. The van der Waals surface area contributed by atoms with Gasteiger partial charge in [-0.1, -0.05) is 17.7 Å². The van der Waals surface area contributed by atoms with E-state index in [4.69, 9.17) is 0 Å². The maximum atomic E-state index is 11.9. The highest BCUT2D eigenvalue weighted by molar-refractivity contribution is 5.89. The monoisotopic (exact) mass is 245 g/mol. The van der Waals surface area contributed by atoms with Crippen LogP contribution in [-0.4, -0.2) is 22.8 Å². The van der Waals surface area contributed by atoms with Gasteiger partial charge in [-0.3, -0.25) is 9.69 Å². The number of hydrogen-bond acceptors (Lipinski definition) is 2. The van der Waals surface area contributed by atoms with Gasteiger partial charge in [-0.15, -0.1) is 0 Å². The van der Waals surface area contributed by atoms with E-state index in [2.05, 4.69) is 37.8 Å². The maximum absolute atomic E-state index is 11.9. The Hall–Kier alpha value is -1.15. The number of likely N-dealkylation sites (tertiary alicyclic amines) is 1. The number of ketones is 1. The van der Waals surface area contributed by atoms with Crippen LogP contribution < -0.4 is 0 Å². The van der Waals surface area contributed by atoms with Crippen LogP contribution in [-0.2, 0) is 11.3 Å². The van der Waals surface area contributed by atoms with Crippen molar-refractivity contribution in [1.82, 2.24) is 4.90 Å². The van der Waals surface area contributed by atoms with Gasteiger partial charge < -0.3 is 0 Å². The van der Waals surface area contributed by atoms with E-state index >= 15 is 0 Å². The van der Waals surface area contributed by atoms with Crippen molar-refractivity contribution in [3.05, 3.63) is 34.4 Å². The van der Waals surface area contributed by atoms with Crippen molar-refractivity contribution in [1.29, 1.82) is 0 Å². The first kappa shape index (κ1) is 13.3. The Morgan fingerprint density at radius 2 is 1.72 bits per heavy atom. The molecule has 0 unspecified atom stereocenters. The van der Waals surface area contributed by atoms with E-state index in [1.54, 1.807) is 0 Å². The SMILES string of the molecule is Cc1cc(C)c(CN2CCC(=O)C2(C)C)c(C)c1. The van der Waals surface area contributed by atoms with E-state index in [0.29, 0.717) is 12.2 Å². The van der Waals surface area contributed by atoms with E-state index in [9.17, 15) is 4.79 Å². The number of carbonyl (C=O) groups is 1. The van der Waals surface area contributed by atoms with Gasteiger partial charge in [0.15, 0.2) is 5.78 Å². The van der Waals surface area contributed by atoms with Crippen LogP contribution in [0.2, 0.25) is 0 Å². The number of nitrogens with zero attached hydrogens (tertiary/aromatic N) is 1. The van der Waals surface area contributed by atoms with Crippen molar-refractivity contribution in [2.24, 2.45) is 0 Å². The summed E-state index contributed by atoms with van der Waals surface area (Å²) in [4.78, 5) is 14.2. The third-order valence-electron chi connectivity index (χ3n) is 4.27. The van der Waals surface area contributed by atoms with Gasteiger partial charge >= 0.3 is 0 Å². The number of rotatable bonds is 2. The second-order valence-electron chi connectivity index (χ2n) is 6.03. The topological polar surface area (TPSA) is 20.3 Å². The Labute approximate surface area is 110 Å². The molecule has 1 heterocycles. The summed E-state index contributed by atoms with van der Waals surface area (Å²) in [6.45, 7) is 12.3. The van der Waals surface area contributed by atoms with E-state index in [0.717, 1.165) is 13.1 Å². The predicted octanol–water partition coefficient (Wildman–Crippen LogP) is 3.17. The fourth-order valence-corrected chi connectivity index (χ4v) is 2.93. The van der Waals surface area contributed by atoms with E-state index in [1.165, 1.54) is 22.3 Å². The van der Waals surface area contributed by atoms with Gasteiger partial charge in [0, 0.05) is 19.5 Å². The lowest BCUT2D eigenvalue weighted by atomic mass is 9.96. The molecule has 0 N–H and O–H groups in total. The number of benzene rings is 1. The van der Waals surface area contributed by atoms with E-state index in [-0.39, 0.29) is 5.54 Å². The lowest BCUT2D eigenvalue weighted by Gasteiger charge is -2.31. The van der Waals surface area contributed by atoms with Crippen molar-refractivity contribution >= 4 is 5.78 Å². The molecule has 2 nitrogen and oxygen atoms in total. The number of carbonyl (C=O) groups excluding carboxylic acids is 1. The first-order valence-corrected chi connectivity index (χ1v) is 6.67. The van der Waals surface area contributed by atoms with Crippen LogP contribution in [0.5, 0.6) is 0 Å². The molecule has 0 amide bonds. The summed E-state index contributed by atoms with van der Waals surface area (Å²) < 4.78 is 0. The number of hydrogen-bond donors (Lipinski definition) is 0. The Balaban J connectivity index is 2.28. The molecule has 18 heavy (non-hydrogen) atoms. The van der Waals surface area contributed by atoms with Crippen LogP contribution in [0.15, 0.2) is 12.1 Å². The van der Waals surface area contributed by atoms with Gasteiger partial charge in [-0.25, -0.2) is 0 Å². The molecule has 1 aliphatic heterocycles. The zero-order valence-corrected chi connectivity index (χ0v) is 12.1. The second kappa shape index (κ2) is 4.51. The van der Waals surface area contributed by atoms with Crippen molar-refractivity contribution in [2.75, 3.05) is 6.54 Å². The van der Waals surface area contributed by atoms with Crippen LogP contribution in [0, 0.1) is 20.8 Å². The molecule has 1 aromatic rings. The van der Waals surface area contributed by atoms with Gasteiger partial charge in [0.1, 0.15) is 0 Å². The van der Waals surface area contributed by atoms with Gasteiger partial charge in [0.2, 0.25) is 0 Å². The van der Waals surface area contributed by atoms with Crippen molar-refractivity contribution < 1.29 is 4.79 Å². The number of Topliss-reactive ketones (excluding diaryl/α,β-unsaturated/α-hetero) is 1. The van der Waals surface area contributed by atoms with Crippen molar-refractivity contribution in [3.63, 3.8) is 0 Å². The molecule has 0 aromatic heterocycles. The fourth-order valence-electron chi connectivity index (χ4n) is 2.93. The molecule has 0 bridgehead atoms. The minimum Gasteiger partial charge on any atom is -0.298 e. The molecular formula is C16H23NO. The zero-order chi connectivity index (χ0) is 13.5. The largest absolute Gasteiger partial charge is 0.298 e. The van der Waals surface area contributed by atoms with Gasteiger partial charge in [-0.05, 0) is 51.3 Å². The molecule has 0 spiro atoms. The third kappa shape index (κ3) is 2.22. The predicted molar refractivity (Wildman–Crippen MR) is 74.8 cm³/mol. The maximum Gasteiger partial charge on any atom is 0.153 e. The van der Waals surface area contributed by atoms with E-state index < -0.39 is 0 Å². The molecule has 1 aliphatic rings. The molecule has 1 saturated heterocycles. The summed E-state index contributed by atoms with van der Waals surface area (Å²) in [6, 6.07) is 4.46. The van der Waals surface area contributed by atoms with Gasteiger partial charge in [0.25, 0.3) is 0 Å². The Bertz CT molecular complexity index is 465. The summed E-state index contributed by atoms with van der Waals surface area (Å²) in [5, 5.41) is 0. The highest BCUT2D eigenvalue weighted by atomic mass is 16.1. The summed E-state index contributed by atoms with van der Waals surface area (Å²) in [7, 11) is 0. The average molecular weight is 245 g/mol. The summed E-state index contributed by atoms with van der Waals surface area (Å²) in [5.74, 6) is 0.366. The smallest absolute Gasteiger partial charge is 0.153 e. The quantitative estimate of drug-likeness (QED) is 0.797. The molecule has 0 aliphatic carbocycles. The van der Waals surface area contributed by atoms with Crippen LogP contribution in [0.3, 0.4) is 0 Å². The molecule has 0 atom stereocenters. The van der Waals surface area contributed by atoms with Crippen LogP contribution in [0.1, 0.15) is 42.5 Å². The average Bonchev–Trinajstić information content (AvgIpc) is 2.49. The van der Waals surface area contributed by atoms with Crippen LogP contribution >= 0.6 is 0 Å². The van der Waals surface area contributed by atoms with Gasteiger partial charge in [0.05, 0.1) is 5.54 Å². The highest BCUT2D eigenvalue weighted by Gasteiger charge is 2.39. The minimum atomic E-state index is -0.302. The Morgan fingerprint density at radius 1 is 1.17 bits per heavy atom. The molecule has 2 heteroatoms. The summed E-state index contributed by atoms with van der Waals surface area (Å²) in [6.07, 6.45) is 0.691. The first-order valence-electron chi connectivity index (χ1n) is 6.67. The first-order chi connectivity index (χ1) is 8.32. The Kier molecular flexibility index (Phi) is 3.33. The molecule has 1 aromatic carbocycles. The minimum absolute atomic E-state index is 0.302. The molecule has 0 saturated carbocycles. The lowest BCUT2D eigenvalue weighted by Crippen LogP contribution is -2.42. The second-order valence-corrected chi connectivity index (χ2v) is 6.03. The molecule has 1 fully saturated rings. The highest BCUT2D eigenvalue weighted by Crippen LogP contribution is 2.29. The van der Waals surface area contributed by atoms with E-state index in [1.807, 2.05) is 13.8 Å². The standard InChI is InChI=1S/C16H23NO/c1-11-8-12(2)14(13(3)9-11)10-17-7-6-15(18)16(17,4)5/h8-9H,6-7,10H2,1-5H3. The molecule has 2 rings (SSSR count). The summed E-state index contributed by atoms with van der Waals surface area (Å²) in [5.41, 5.74) is 5.06. The van der Waals surface area contributed by atoms with Crippen molar-refractivity contribution in [3.8, 4) is 0 Å². The van der Waals surface area contributed by atoms with Crippen molar-refractivity contribution in [2.45, 2.75) is 53.1 Å². The van der Waals surface area contributed by atoms with Crippen LogP contribution in [0.25, 0.3) is 0 Å². The Morgan fingerprint density at radius 3 is 2.17 bits per heavy atom. The fraction of sp³-hybridized carbons (Fsp3) is 0.562. The van der Waals surface area contributed by atoms with Gasteiger partial charge in [-0.2, -0.15) is 0 Å². The summed E-state index contributed by atoms with van der Waals surface area (Å²) >= 11 is 0. The molecule has 0 radical (unpaired) electrons. The third-order valence-corrected chi connectivity index (χ3v) is 4.27. The van der Waals surface area contributed by atoms with Crippen LogP contribution in [0.4, 0.5) is 0 Å². The molecular weight excluding hydrogens is 222 g/mol. The lowest BCUT2D eigenvalue weighted by molar-refractivity contribution is -0.123. The zero-order valence-electron chi connectivity index (χ0n) is 12.1. The molecule has 98 valence electrons. The normalized spacial score (nSPS) is 19.5.